The number of hydrazine groups is 1. The maximum atomic E-state index is 10.2. The van der Waals surface area contributed by atoms with Gasteiger partial charge in [0.2, 0.25) is 0 Å². The highest BCUT2D eigenvalue weighted by atomic mass is 16.4. The summed E-state index contributed by atoms with van der Waals surface area (Å²) in [4.78, 5) is 10.2. The molecular weight excluding hydrogens is 120 g/mol. The third kappa shape index (κ3) is 1.40. The van der Waals surface area contributed by atoms with Gasteiger partial charge in [-0.05, 0) is 13.3 Å². The Morgan fingerprint density at radius 2 is 2.33 bits per heavy atom. The molecule has 4 nitrogen and oxygen atoms in total. The fraction of sp³-hybridized carbons (Fsp3) is 0.800. The first-order valence-corrected chi connectivity index (χ1v) is 2.94. The van der Waals surface area contributed by atoms with Crippen molar-refractivity contribution in [2.75, 3.05) is 0 Å². The second kappa shape index (κ2) is 2.33. The van der Waals surface area contributed by atoms with Crippen LogP contribution in [0, 0.1) is 0 Å². The van der Waals surface area contributed by atoms with Gasteiger partial charge in [0.1, 0.15) is 6.04 Å². The molecule has 0 aromatic carbocycles. The van der Waals surface area contributed by atoms with Crippen molar-refractivity contribution >= 4 is 5.97 Å². The lowest BCUT2D eigenvalue weighted by Gasteiger charge is -1.98. The van der Waals surface area contributed by atoms with Gasteiger partial charge >= 0.3 is 5.97 Å². The Labute approximate surface area is 53.2 Å². The molecule has 0 radical (unpaired) electrons. The van der Waals surface area contributed by atoms with Gasteiger partial charge in [-0.2, -0.15) is 0 Å². The molecule has 1 fully saturated rings. The summed E-state index contributed by atoms with van der Waals surface area (Å²) in [5.74, 6) is -0.785. The minimum atomic E-state index is -0.785. The lowest BCUT2D eigenvalue weighted by atomic mass is 10.2. The maximum Gasteiger partial charge on any atom is 0.322 e. The molecule has 0 saturated carbocycles. The van der Waals surface area contributed by atoms with Crippen molar-refractivity contribution in [2.45, 2.75) is 25.4 Å². The number of carbonyl (C=O) groups is 1. The summed E-state index contributed by atoms with van der Waals surface area (Å²) < 4.78 is 0. The lowest BCUT2D eigenvalue weighted by Crippen LogP contribution is -2.36. The lowest BCUT2D eigenvalue weighted by molar-refractivity contribution is -0.139. The highest BCUT2D eigenvalue weighted by Crippen LogP contribution is 2.02. The van der Waals surface area contributed by atoms with Crippen LogP contribution < -0.4 is 10.9 Å². The summed E-state index contributed by atoms with van der Waals surface area (Å²) in [5.41, 5.74) is 5.48. The largest absolute Gasteiger partial charge is 0.480 e. The Kier molecular flexibility index (Phi) is 1.68. The number of hydrogen-bond donors (Lipinski definition) is 3. The molecule has 0 amide bonds. The topological polar surface area (TPSA) is 61.4 Å². The van der Waals surface area contributed by atoms with E-state index in [1.165, 1.54) is 0 Å². The van der Waals surface area contributed by atoms with Crippen molar-refractivity contribution in [1.29, 1.82) is 0 Å². The summed E-state index contributed by atoms with van der Waals surface area (Å²) in [6.07, 6.45) is 0.662. The van der Waals surface area contributed by atoms with Gasteiger partial charge in [0.25, 0.3) is 0 Å². The van der Waals surface area contributed by atoms with E-state index in [2.05, 4.69) is 10.9 Å². The van der Waals surface area contributed by atoms with E-state index in [1.807, 2.05) is 6.92 Å². The average molecular weight is 130 g/mol. The average Bonchev–Trinajstić information content (AvgIpc) is 2.14. The Bertz CT molecular complexity index is 126. The molecule has 0 aromatic heterocycles. The van der Waals surface area contributed by atoms with E-state index in [-0.39, 0.29) is 6.04 Å². The molecule has 0 spiro atoms. The number of rotatable bonds is 1. The van der Waals surface area contributed by atoms with E-state index >= 15 is 0 Å². The molecule has 2 atom stereocenters. The molecule has 0 bridgehead atoms. The van der Waals surface area contributed by atoms with E-state index in [0.29, 0.717) is 6.42 Å². The Morgan fingerprint density at radius 3 is 2.56 bits per heavy atom. The van der Waals surface area contributed by atoms with Crippen molar-refractivity contribution in [3.8, 4) is 0 Å². The fourth-order valence-corrected chi connectivity index (χ4v) is 0.877. The Hall–Kier alpha value is -0.610. The maximum absolute atomic E-state index is 10.2. The molecule has 1 rings (SSSR count). The van der Waals surface area contributed by atoms with E-state index in [0.717, 1.165) is 0 Å². The third-order valence-electron chi connectivity index (χ3n) is 1.39. The minimum Gasteiger partial charge on any atom is -0.480 e. The number of aliphatic carboxylic acids is 1. The summed E-state index contributed by atoms with van der Waals surface area (Å²) in [6.45, 7) is 1.94. The van der Waals surface area contributed by atoms with Gasteiger partial charge in [-0.1, -0.05) is 0 Å². The minimum absolute atomic E-state index is 0.270. The zero-order chi connectivity index (χ0) is 6.85. The van der Waals surface area contributed by atoms with Crippen molar-refractivity contribution in [3.05, 3.63) is 0 Å². The Balaban J connectivity index is 2.39. The van der Waals surface area contributed by atoms with Crippen LogP contribution in [0.15, 0.2) is 0 Å². The predicted octanol–water partition coefficient (Wildman–Crippen LogP) is -0.674. The first kappa shape index (κ1) is 6.51. The van der Waals surface area contributed by atoms with Gasteiger partial charge in [0, 0.05) is 6.04 Å². The van der Waals surface area contributed by atoms with Gasteiger partial charge in [-0.25, -0.2) is 5.43 Å². The van der Waals surface area contributed by atoms with Gasteiger partial charge in [0.05, 0.1) is 0 Å². The second-order valence-electron chi connectivity index (χ2n) is 2.32. The van der Waals surface area contributed by atoms with Crippen LogP contribution in [0.3, 0.4) is 0 Å². The highest BCUT2D eigenvalue weighted by Gasteiger charge is 2.25. The van der Waals surface area contributed by atoms with E-state index in [9.17, 15) is 4.79 Å². The smallest absolute Gasteiger partial charge is 0.322 e. The van der Waals surface area contributed by atoms with Gasteiger partial charge < -0.3 is 5.11 Å². The Morgan fingerprint density at radius 1 is 1.67 bits per heavy atom. The third-order valence-corrected chi connectivity index (χ3v) is 1.39. The zero-order valence-electron chi connectivity index (χ0n) is 5.22. The number of hydrogen-bond acceptors (Lipinski definition) is 3. The number of carboxylic acid groups (broad SMARTS) is 1. The van der Waals surface area contributed by atoms with E-state index in [1.54, 1.807) is 0 Å². The fourth-order valence-electron chi connectivity index (χ4n) is 0.877. The van der Waals surface area contributed by atoms with E-state index in [4.69, 9.17) is 5.11 Å². The van der Waals surface area contributed by atoms with Crippen LogP contribution in [0.2, 0.25) is 0 Å². The van der Waals surface area contributed by atoms with Crippen molar-refractivity contribution in [3.63, 3.8) is 0 Å². The molecule has 0 aromatic rings. The van der Waals surface area contributed by atoms with Gasteiger partial charge in [-0.15, -0.1) is 0 Å². The summed E-state index contributed by atoms with van der Waals surface area (Å²) >= 11 is 0. The first-order chi connectivity index (χ1) is 4.20. The zero-order valence-corrected chi connectivity index (χ0v) is 5.22. The summed E-state index contributed by atoms with van der Waals surface area (Å²) in [7, 11) is 0. The predicted molar refractivity (Wildman–Crippen MR) is 31.8 cm³/mol. The number of nitrogens with one attached hydrogen (secondary N) is 2. The molecule has 1 saturated heterocycles. The van der Waals surface area contributed by atoms with Crippen LogP contribution >= 0.6 is 0 Å². The molecular formula is C5H10N2O2. The molecule has 1 aliphatic heterocycles. The SMILES string of the molecule is CC1CC(C(=O)O)NN1. The van der Waals surface area contributed by atoms with Crippen molar-refractivity contribution < 1.29 is 9.90 Å². The quantitative estimate of drug-likeness (QED) is 0.440. The van der Waals surface area contributed by atoms with Crippen LogP contribution in [-0.2, 0) is 4.79 Å². The molecule has 3 N–H and O–H groups in total. The molecule has 0 aliphatic carbocycles. The molecule has 52 valence electrons. The normalized spacial score (nSPS) is 34.8. The van der Waals surface area contributed by atoms with Crippen LogP contribution in [0.25, 0.3) is 0 Å². The van der Waals surface area contributed by atoms with Crippen molar-refractivity contribution in [2.24, 2.45) is 0 Å². The van der Waals surface area contributed by atoms with Gasteiger partial charge in [0.15, 0.2) is 0 Å². The van der Waals surface area contributed by atoms with Crippen LogP contribution in [-0.4, -0.2) is 23.2 Å². The number of carboxylic acids is 1. The van der Waals surface area contributed by atoms with Crippen molar-refractivity contribution in [1.82, 2.24) is 10.9 Å². The molecule has 9 heavy (non-hydrogen) atoms. The highest BCUT2D eigenvalue weighted by molar-refractivity contribution is 5.73. The summed E-state index contributed by atoms with van der Waals surface area (Å²) in [5, 5.41) is 8.43. The molecule has 1 heterocycles. The summed E-state index contributed by atoms with van der Waals surface area (Å²) in [6, 6.07) is -0.133. The monoisotopic (exact) mass is 130 g/mol. The first-order valence-electron chi connectivity index (χ1n) is 2.94. The molecule has 4 heteroatoms. The van der Waals surface area contributed by atoms with Gasteiger partial charge in [-0.3, -0.25) is 10.2 Å². The second-order valence-corrected chi connectivity index (χ2v) is 2.32. The standard InChI is InChI=1S/C5H10N2O2/c1-3-2-4(5(8)9)7-6-3/h3-4,6-7H,2H2,1H3,(H,8,9). The van der Waals surface area contributed by atoms with E-state index < -0.39 is 12.0 Å². The van der Waals surface area contributed by atoms with Crippen LogP contribution in [0.1, 0.15) is 13.3 Å². The molecule has 1 aliphatic rings. The van der Waals surface area contributed by atoms with Crippen LogP contribution in [0.4, 0.5) is 0 Å². The molecule has 2 unspecified atom stereocenters. The van der Waals surface area contributed by atoms with Crippen LogP contribution in [0.5, 0.6) is 0 Å².